The fraction of sp³-hybridized carbons (Fsp3) is 0.529. The van der Waals surface area contributed by atoms with Gasteiger partial charge in [-0.05, 0) is 39.3 Å². The van der Waals surface area contributed by atoms with Gasteiger partial charge in [-0.15, -0.1) is 0 Å². The molecule has 0 bridgehead atoms. The molecule has 0 radical (unpaired) electrons. The van der Waals surface area contributed by atoms with Crippen molar-refractivity contribution in [3.8, 4) is 5.75 Å². The first-order valence-corrected chi connectivity index (χ1v) is 7.55. The fourth-order valence-corrected chi connectivity index (χ4v) is 2.75. The standard InChI is InChI=1S/C17H23NO4/c1-11(2)18(9-8-14(19)20)16(21)13-7-5-6-12-10-17(3,4)22-15(12)13/h5-7,11H,8-10H2,1-4H3,(H,19,20). The van der Waals surface area contributed by atoms with E-state index in [2.05, 4.69) is 0 Å². The second-order valence-electron chi connectivity index (χ2n) is 6.57. The third-order valence-electron chi connectivity index (χ3n) is 3.77. The van der Waals surface area contributed by atoms with Crippen LogP contribution in [-0.4, -0.2) is 40.1 Å². The summed E-state index contributed by atoms with van der Waals surface area (Å²) in [5.74, 6) is -0.446. The number of carboxylic acid groups (broad SMARTS) is 1. The molecule has 0 saturated carbocycles. The summed E-state index contributed by atoms with van der Waals surface area (Å²) in [6.07, 6.45) is 0.700. The van der Waals surface area contributed by atoms with E-state index >= 15 is 0 Å². The van der Waals surface area contributed by atoms with Crippen molar-refractivity contribution < 1.29 is 19.4 Å². The number of para-hydroxylation sites is 1. The largest absolute Gasteiger partial charge is 0.486 e. The van der Waals surface area contributed by atoms with Gasteiger partial charge < -0.3 is 14.7 Å². The van der Waals surface area contributed by atoms with Crippen molar-refractivity contribution in [1.82, 2.24) is 4.90 Å². The van der Waals surface area contributed by atoms with E-state index in [9.17, 15) is 9.59 Å². The number of nitrogens with zero attached hydrogens (tertiary/aromatic N) is 1. The van der Waals surface area contributed by atoms with Crippen LogP contribution in [0.3, 0.4) is 0 Å². The number of rotatable bonds is 5. The molecule has 1 heterocycles. The van der Waals surface area contributed by atoms with Crippen LogP contribution in [0.25, 0.3) is 0 Å². The average Bonchev–Trinajstić information content (AvgIpc) is 2.71. The number of hydrogen-bond donors (Lipinski definition) is 1. The first-order chi connectivity index (χ1) is 10.2. The van der Waals surface area contributed by atoms with Crippen LogP contribution < -0.4 is 4.74 Å². The normalized spacial score (nSPS) is 15.3. The van der Waals surface area contributed by atoms with Gasteiger partial charge in [0.15, 0.2) is 0 Å². The van der Waals surface area contributed by atoms with Crippen molar-refractivity contribution in [2.75, 3.05) is 6.54 Å². The van der Waals surface area contributed by atoms with E-state index in [-0.39, 0.29) is 30.5 Å². The summed E-state index contributed by atoms with van der Waals surface area (Å²) in [5, 5.41) is 8.86. The number of fused-ring (bicyclic) bond motifs is 1. The maximum absolute atomic E-state index is 12.8. The Morgan fingerprint density at radius 2 is 2.05 bits per heavy atom. The Morgan fingerprint density at radius 1 is 1.36 bits per heavy atom. The number of carbonyl (C=O) groups excluding carboxylic acids is 1. The minimum Gasteiger partial charge on any atom is -0.486 e. The van der Waals surface area contributed by atoms with Gasteiger partial charge in [0.05, 0.1) is 12.0 Å². The summed E-state index contributed by atoms with van der Waals surface area (Å²) in [6, 6.07) is 5.50. The van der Waals surface area contributed by atoms with Crippen molar-refractivity contribution in [3.05, 3.63) is 29.3 Å². The Bertz CT molecular complexity index is 592. The highest BCUT2D eigenvalue weighted by atomic mass is 16.5. The smallest absolute Gasteiger partial charge is 0.305 e. The summed E-state index contributed by atoms with van der Waals surface area (Å²) in [5.41, 5.74) is 1.22. The van der Waals surface area contributed by atoms with Gasteiger partial charge in [0.25, 0.3) is 5.91 Å². The fourth-order valence-electron chi connectivity index (χ4n) is 2.75. The molecule has 120 valence electrons. The molecular formula is C17H23NO4. The van der Waals surface area contributed by atoms with Crippen LogP contribution >= 0.6 is 0 Å². The zero-order valence-electron chi connectivity index (χ0n) is 13.5. The molecule has 5 heteroatoms. The van der Waals surface area contributed by atoms with Crippen molar-refractivity contribution in [2.45, 2.75) is 52.2 Å². The van der Waals surface area contributed by atoms with Gasteiger partial charge in [0.1, 0.15) is 11.4 Å². The van der Waals surface area contributed by atoms with Crippen molar-refractivity contribution in [3.63, 3.8) is 0 Å². The van der Waals surface area contributed by atoms with Gasteiger partial charge in [0, 0.05) is 19.0 Å². The molecule has 1 amide bonds. The van der Waals surface area contributed by atoms with Crippen LogP contribution in [-0.2, 0) is 11.2 Å². The number of amides is 1. The topological polar surface area (TPSA) is 66.8 Å². The quantitative estimate of drug-likeness (QED) is 0.908. The van der Waals surface area contributed by atoms with Crippen LogP contribution in [0, 0.1) is 0 Å². The van der Waals surface area contributed by atoms with Crippen LogP contribution in [0.5, 0.6) is 5.75 Å². The van der Waals surface area contributed by atoms with Crippen molar-refractivity contribution in [1.29, 1.82) is 0 Å². The highest BCUT2D eigenvalue weighted by molar-refractivity contribution is 5.98. The highest BCUT2D eigenvalue weighted by Gasteiger charge is 2.34. The predicted octanol–water partition coefficient (Wildman–Crippen LogP) is 2.73. The molecule has 0 fully saturated rings. The monoisotopic (exact) mass is 305 g/mol. The number of carboxylic acids is 1. The van der Waals surface area contributed by atoms with Crippen LogP contribution in [0.1, 0.15) is 50.0 Å². The Kier molecular flexibility index (Phi) is 4.44. The van der Waals surface area contributed by atoms with Gasteiger partial charge >= 0.3 is 5.97 Å². The van der Waals surface area contributed by atoms with E-state index < -0.39 is 5.97 Å². The van der Waals surface area contributed by atoms with E-state index in [0.29, 0.717) is 11.3 Å². The minimum atomic E-state index is -0.908. The van der Waals surface area contributed by atoms with Gasteiger partial charge in [-0.3, -0.25) is 9.59 Å². The molecule has 0 unspecified atom stereocenters. The number of benzene rings is 1. The molecule has 1 aromatic rings. The maximum Gasteiger partial charge on any atom is 0.305 e. The van der Waals surface area contributed by atoms with Crippen LogP contribution in [0.15, 0.2) is 18.2 Å². The molecule has 5 nitrogen and oxygen atoms in total. The first kappa shape index (κ1) is 16.3. The molecule has 0 atom stereocenters. The lowest BCUT2D eigenvalue weighted by molar-refractivity contribution is -0.137. The number of aliphatic carboxylic acids is 1. The Hall–Kier alpha value is -2.04. The van der Waals surface area contributed by atoms with E-state index in [4.69, 9.17) is 9.84 Å². The second-order valence-corrected chi connectivity index (χ2v) is 6.57. The molecule has 0 aromatic heterocycles. The summed E-state index contributed by atoms with van der Waals surface area (Å²) in [4.78, 5) is 25.2. The Balaban J connectivity index is 2.29. The molecule has 2 rings (SSSR count). The molecule has 1 aliphatic rings. The lowest BCUT2D eigenvalue weighted by atomic mass is 10.00. The van der Waals surface area contributed by atoms with Gasteiger partial charge in [-0.1, -0.05) is 12.1 Å². The minimum absolute atomic E-state index is 0.0642. The Labute approximate surface area is 130 Å². The summed E-state index contributed by atoms with van der Waals surface area (Å²) in [7, 11) is 0. The van der Waals surface area contributed by atoms with E-state index in [1.165, 1.54) is 0 Å². The van der Waals surface area contributed by atoms with Gasteiger partial charge in [0.2, 0.25) is 0 Å². The SMILES string of the molecule is CC(C)N(CCC(=O)O)C(=O)c1cccc2c1OC(C)(C)C2. The third-order valence-corrected chi connectivity index (χ3v) is 3.77. The van der Waals surface area contributed by atoms with Crippen molar-refractivity contribution in [2.24, 2.45) is 0 Å². The van der Waals surface area contributed by atoms with E-state index in [1.54, 1.807) is 11.0 Å². The molecule has 0 spiro atoms. The van der Waals surface area contributed by atoms with Gasteiger partial charge in [-0.25, -0.2) is 0 Å². The molecular weight excluding hydrogens is 282 g/mol. The molecule has 0 aliphatic carbocycles. The zero-order valence-corrected chi connectivity index (χ0v) is 13.5. The summed E-state index contributed by atoms with van der Waals surface area (Å²) < 4.78 is 5.94. The number of carbonyl (C=O) groups is 2. The molecule has 1 aromatic carbocycles. The lowest BCUT2D eigenvalue weighted by Crippen LogP contribution is -2.38. The second kappa shape index (κ2) is 5.99. The molecule has 1 N–H and O–H groups in total. The van der Waals surface area contributed by atoms with Gasteiger partial charge in [-0.2, -0.15) is 0 Å². The predicted molar refractivity (Wildman–Crippen MR) is 83.3 cm³/mol. The van der Waals surface area contributed by atoms with E-state index in [0.717, 1.165) is 12.0 Å². The van der Waals surface area contributed by atoms with Crippen LogP contribution in [0.4, 0.5) is 0 Å². The summed E-state index contributed by atoms with van der Waals surface area (Å²) in [6.45, 7) is 7.94. The molecule has 1 aliphatic heterocycles. The van der Waals surface area contributed by atoms with Crippen LogP contribution in [0.2, 0.25) is 0 Å². The van der Waals surface area contributed by atoms with E-state index in [1.807, 2.05) is 39.8 Å². The Morgan fingerprint density at radius 3 is 2.64 bits per heavy atom. The number of hydrogen-bond acceptors (Lipinski definition) is 3. The highest BCUT2D eigenvalue weighted by Crippen LogP contribution is 2.38. The summed E-state index contributed by atoms with van der Waals surface area (Å²) >= 11 is 0. The molecule has 22 heavy (non-hydrogen) atoms. The molecule has 0 saturated heterocycles. The average molecular weight is 305 g/mol. The lowest BCUT2D eigenvalue weighted by Gasteiger charge is -2.27. The third kappa shape index (κ3) is 3.40. The van der Waals surface area contributed by atoms with Crippen molar-refractivity contribution >= 4 is 11.9 Å². The maximum atomic E-state index is 12.8. The zero-order chi connectivity index (χ0) is 16.5. The number of ether oxygens (including phenoxy) is 1. The first-order valence-electron chi connectivity index (χ1n) is 7.55.